The number of fused-ring (bicyclic) bond motifs is 1. The van der Waals surface area contributed by atoms with Crippen LogP contribution in [0.15, 0.2) is 30.7 Å². The van der Waals surface area contributed by atoms with Crippen molar-refractivity contribution in [3.8, 4) is 0 Å². The molecule has 3 aromatic rings. The van der Waals surface area contributed by atoms with E-state index < -0.39 is 0 Å². The third-order valence-electron chi connectivity index (χ3n) is 2.94. The molecular formula is C13H9Cl2N5O. The topological polar surface area (TPSA) is 96.7 Å². The van der Waals surface area contributed by atoms with Crippen LogP contribution < -0.4 is 11.1 Å². The first-order valence-corrected chi connectivity index (χ1v) is 6.66. The van der Waals surface area contributed by atoms with Crippen molar-refractivity contribution in [2.45, 2.75) is 0 Å². The second-order valence-corrected chi connectivity index (χ2v) is 5.01. The summed E-state index contributed by atoms with van der Waals surface area (Å²) in [5, 5.41) is 3.50. The van der Waals surface area contributed by atoms with Gasteiger partial charge in [0.15, 0.2) is 10.3 Å². The number of hydrogen-bond acceptors (Lipinski definition) is 4. The molecule has 3 rings (SSSR count). The summed E-state index contributed by atoms with van der Waals surface area (Å²) in [6, 6.07) is 5.23. The number of aromatic nitrogens is 3. The Bertz CT molecular complexity index is 825. The zero-order valence-electron chi connectivity index (χ0n) is 10.5. The monoisotopic (exact) mass is 321 g/mol. The predicted octanol–water partition coefficient (Wildman–Crippen LogP) is 3.10. The van der Waals surface area contributed by atoms with E-state index in [1.54, 1.807) is 24.4 Å². The molecule has 0 saturated heterocycles. The van der Waals surface area contributed by atoms with Crippen molar-refractivity contribution >= 4 is 51.4 Å². The maximum Gasteiger partial charge on any atom is 0.257 e. The smallest absolute Gasteiger partial charge is 0.257 e. The van der Waals surface area contributed by atoms with E-state index >= 15 is 0 Å². The number of nitrogen functional groups attached to an aromatic ring is 1. The number of nitrogens with zero attached hydrogens (tertiary/aromatic N) is 2. The van der Waals surface area contributed by atoms with E-state index in [0.717, 1.165) is 10.9 Å². The van der Waals surface area contributed by atoms with Crippen LogP contribution in [-0.2, 0) is 0 Å². The van der Waals surface area contributed by atoms with Crippen molar-refractivity contribution in [2.75, 3.05) is 11.1 Å². The van der Waals surface area contributed by atoms with Crippen LogP contribution in [0.2, 0.25) is 10.3 Å². The zero-order chi connectivity index (χ0) is 15.0. The van der Waals surface area contributed by atoms with Gasteiger partial charge in [-0.1, -0.05) is 23.2 Å². The van der Waals surface area contributed by atoms with Crippen LogP contribution in [0.4, 0.5) is 11.4 Å². The van der Waals surface area contributed by atoms with Gasteiger partial charge in [0.25, 0.3) is 5.91 Å². The molecule has 0 unspecified atom stereocenters. The third kappa shape index (κ3) is 2.51. The summed E-state index contributed by atoms with van der Waals surface area (Å²) in [7, 11) is 0. The molecule has 2 aromatic heterocycles. The summed E-state index contributed by atoms with van der Waals surface area (Å²) in [5.74, 6) is -0.371. The maximum atomic E-state index is 12.3. The molecule has 0 bridgehead atoms. The van der Waals surface area contributed by atoms with Crippen molar-refractivity contribution in [1.82, 2.24) is 15.0 Å². The molecule has 0 aliphatic carbocycles. The largest absolute Gasteiger partial charge is 0.399 e. The average molecular weight is 322 g/mol. The predicted molar refractivity (Wildman–Crippen MR) is 82.7 cm³/mol. The van der Waals surface area contributed by atoms with Gasteiger partial charge in [-0.15, -0.1) is 0 Å². The van der Waals surface area contributed by atoms with Crippen LogP contribution >= 0.6 is 23.2 Å². The molecule has 2 heterocycles. The lowest BCUT2D eigenvalue weighted by atomic mass is 10.1. The highest BCUT2D eigenvalue weighted by molar-refractivity contribution is 6.38. The number of rotatable bonds is 2. The zero-order valence-corrected chi connectivity index (χ0v) is 12.0. The Morgan fingerprint density at radius 2 is 1.95 bits per heavy atom. The minimum atomic E-state index is -0.371. The summed E-state index contributed by atoms with van der Waals surface area (Å²) < 4.78 is 0. The van der Waals surface area contributed by atoms with Gasteiger partial charge in [0.05, 0.1) is 5.56 Å². The number of benzene rings is 1. The van der Waals surface area contributed by atoms with Gasteiger partial charge < -0.3 is 16.0 Å². The van der Waals surface area contributed by atoms with Crippen LogP contribution in [0.25, 0.3) is 10.9 Å². The van der Waals surface area contributed by atoms with Crippen molar-refractivity contribution in [2.24, 2.45) is 0 Å². The molecule has 21 heavy (non-hydrogen) atoms. The molecule has 0 aliphatic heterocycles. The lowest BCUT2D eigenvalue weighted by molar-refractivity contribution is 0.102. The fourth-order valence-electron chi connectivity index (χ4n) is 1.96. The summed E-state index contributed by atoms with van der Waals surface area (Å²) in [4.78, 5) is 22.9. The highest BCUT2D eigenvalue weighted by Crippen LogP contribution is 2.27. The minimum Gasteiger partial charge on any atom is -0.399 e. The van der Waals surface area contributed by atoms with Crippen molar-refractivity contribution < 1.29 is 4.79 Å². The van der Waals surface area contributed by atoms with E-state index in [-0.39, 0.29) is 21.9 Å². The Morgan fingerprint density at radius 3 is 2.67 bits per heavy atom. The van der Waals surface area contributed by atoms with Crippen LogP contribution in [0.3, 0.4) is 0 Å². The van der Waals surface area contributed by atoms with E-state index in [1.807, 2.05) is 0 Å². The summed E-state index contributed by atoms with van der Waals surface area (Å²) in [5.41, 5.74) is 7.70. The molecule has 6 nitrogen and oxygen atoms in total. The first-order valence-electron chi connectivity index (χ1n) is 5.90. The lowest BCUT2D eigenvalue weighted by Crippen LogP contribution is -2.13. The Kier molecular flexibility index (Phi) is 3.40. The molecule has 1 aromatic carbocycles. The minimum absolute atomic E-state index is 0.0763. The second kappa shape index (κ2) is 5.23. The van der Waals surface area contributed by atoms with Gasteiger partial charge in [0, 0.05) is 22.8 Å². The molecule has 0 fully saturated rings. The molecule has 0 radical (unpaired) electrons. The van der Waals surface area contributed by atoms with Crippen molar-refractivity contribution in [1.29, 1.82) is 0 Å². The standard InChI is InChI=1S/C13H9Cl2N5O/c14-11-10(12(15)19-5-18-11)20-13(21)8-4-17-9-3-6(16)1-2-7(8)9/h1-5,17H,16H2,(H,20,21). The third-order valence-corrected chi connectivity index (χ3v) is 3.52. The number of halogens is 2. The van der Waals surface area contributed by atoms with Crippen molar-refractivity contribution in [3.05, 3.63) is 46.6 Å². The second-order valence-electron chi connectivity index (χ2n) is 4.29. The molecular weight excluding hydrogens is 313 g/mol. The van der Waals surface area contributed by atoms with Gasteiger partial charge in [0.2, 0.25) is 0 Å². The highest BCUT2D eigenvalue weighted by atomic mass is 35.5. The average Bonchev–Trinajstić information content (AvgIpc) is 2.85. The molecule has 8 heteroatoms. The normalized spacial score (nSPS) is 10.8. The number of nitrogens with two attached hydrogens (primary N) is 1. The number of hydrogen-bond donors (Lipinski definition) is 3. The fourth-order valence-corrected chi connectivity index (χ4v) is 2.37. The number of nitrogens with one attached hydrogen (secondary N) is 2. The van der Waals surface area contributed by atoms with Gasteiger partial charge in [0.1, 0.15) is 12.0 Å². The Morgan fingerprint density at radius 1 is 1.24 bits per heavy atom. The molecule has 0 atom stereocenters. The van der Waals surface area contributed by atoms with Crippen LogP contribution in [0, 0.1) is 0 Å². The first-order chi connectivity index (χ1) is 10.1. The van der Waals surface area contributed by atoms with Gasteiger partial charge >= 0.3 is 0 Å². The van der Waals surface area contributed by atoms with Gasteiger partial charge in [-0.3, -0.25) is 4.79 Å². The number of aromatic amines is 1. The molecule has 106 valence electrons. The number of amides is 1. The number of carbonyl (C=O) groups is 1. The van der Waals surface area contributed by atoms with E-state index in [4.69, 9.17) is 28.9 Å². The molecule has 1 amide bonds. The molecule has 0 saturated carbocycles. The van der Waals surface area contributed by atoms with E-state index in [0.29, 0.717) is 11.3 Å². The molecule has 0 spiro atoms. The van der Waals surface area contributed by atoms with Crippen LogP contribution in [0.1, 0.15) is 10.4 Å². The fraction of sp³-hybridized carbons (Fsp3) is 0. The Labute approximate surface area is 129 Å². The van der Waals surface area contributed by atoms with E-state index in [2.05, 4.69) is 20.3 Å². The van der Waals surface area contributed by atoms with Crippen molar-refractivity contribution in [3.63, 3.8) is 0 Å². The molecule has 4 N–H and O–H groups in total. The van der Waals surface area contributed by atoms with Crippen LogP contribution in [-0.4, -0.2) is 20.9 Å². The van der Waals surface area contributed by atoms with Gasteiger partial charge in [-0.2, -0.15) is 0 Å². The summed E-state index contributed by atoms with van der Waals surface area (Å²) >= 11 is 11.8. The van der Waals surface area contributed by atoms with E-state index in [9.17, 15) is 4.79 Å². The van der Waals surface area contributed by atoms with Crippen LogP contribution in [0.5, 0.6) is 0 Å². The van der Waals surface area contributed by atoms with Gasteiger partial charge in [-0.25, -0.2) is 9.97 Å². The van der Waals surface area contributed by atoms with Gasteiger partial charge in [-0.05, 0) is 18.2 Å². The first kappa shape index (κ1) is 13.7. The lowest BCUT2D eigenvalue weighted by Gasteiger charge is -2.07. The Balaban J connectivity index is 1.98. The number of H-pyrrole nitrogens is 1. The van der Waals surface area contributed by atoms with E-state index in [1.165, 1.54) is 6.33 Å². The number of carbonyl (C=O) groups excluding carboxylic acids is 1. The summed E-state index contributed by atoms with van der Waals surface area (Å²) in [6.45, 7) is 0. The summed E-state index contributed by atoms with van der Waals surface area (Å²) in [6.07, 6.45) is 2.81. The Hall–Kier alpha value is -2.31. The molecule has 0 aliphatic rings. The number of anilines is 2. The SMILES string of the molecule is Nc1ccc2c(C(=O)Nc3c(Cl)ncnc3Cl)c[nH]c2c1. The maximum absolute atomic E-state index is 12.3. The highest BCUT2D eigenvalue weighted by Gasteiger charge is 2.16. The quantitative estimate of drug-likeness (QED) is 0.499.